The molecule has 0 unspecified atom stereocenters. The highest BCUT2D eigenvalue weighted by molar-refractivity contribution is 7.17. The minimum Gasteiger partial charge on any atom is -0.481 e. The first kappa shape index (κ1) is 17.2. The molecule has 0 radical (unpaired) electrons. The summed E-state index contributed by atoms with van der Waals surface area (Å²) in [5.41, 5.74) is 4.53. The fourth-order valence-corrected chi connectivity index (χ4v) is 3.99. The van der Waals surface area contributed by atoms with Gasteiger partial charge in [0.15, 0.2) is 0 Å². The normalized spacial score (nSPS) is 10.8. The number of thiophene rings is 1. The SMILES string of the molecule is O=C(O)Cc1cc(NCc2ccccn2)c2c(-c3ccccc3)csc2n1. The lowest BCUT2D eigenvalue weighted by molar-refractivity contribution is -0.136. The maximum atomic E-state index is 11.2. The molecule has 2 N–H and O–H groups in total. The predicted molar refractivity (Wildman–Crippen MR) is 108 cm³/mol. The molecule has 0 aliphatic heterocycles. The topological polar surface area (TPSA) is 75.1 Å². The number of fused-ring (bicyclic) bond motifs is 1. The summed E-state index contributed by atoms with van der Waals surface area (Å²) in [6, 6.07) is 17.7. The molecule has 3 heterocycles. The number of carbonyl (C=O) groups is 1. The number of hydrogen-bond acceptors (Lipinski definition) is 5. The van der Waals surface area contributed by atoms with E-state index < -0.39 is 5.97 Å². The zero-order valence-electron chi connectivity index (χ0n) is 14.4. The number of aromatic nitrogens is 2. The van der Waals surface area contributed by atoms with Gasteiger partial charge in [-0.1, -0.05) is 36.4 Å². The Morgan fingerprint density at radius 2 is 1.89 bits per heavy atom. The fourth-order valence-electron chi connectivity index (χ4n) is 3.00. The number of carboxylic acids is 1. The summed E-state index contributed by atoms with van der Waals surface area (Å²) in [6.07, 6.45) is 1.65. The van der Waals surface area contributed by atoms with E-state index in [-0.39, 0.29) is 6.42 Å². The zero-order chi connectivity index (χ0) is 18.6. The minimum absolute atomic E-state index is 0.104. The van der Waals surface area contributed by atoms with Gasteiger partial charge in [0, 0.05) is 28.2 Å². The monoisotopic (exact) mass is 375 g/mol. The maximum Gasteiger partial charge on any atom is 0.309 e. The molecule has 0 aliphatic carbocycles. The van der Waals surface area contributed by atoms with Gasteiger partial charge in [0.2, 0.25) is 0 Å². The zero-order valence-corrected chi connectivity index (χ0v) is 15.2. The summed E-state index contributed by atoms with van der Waals surface area (Å²) in [6.45, 7) is 0.552. The highest BCUT2D eigenvalue weighted by Gasteiger charge is 2.15. The van der Waals surface area contributed by atoms with Gasteiger partial charge >= 0.3 is 5.97 Å². The van der Waals surface area contributed by atoms with Gasteiger partial charge in [-0.05, 0) is 23.8 Å². The van der Waals surface area contributed by atoms with Gasteiger partial charge in [-0.25, -0.2) is 4.98 Å². The van der Waals surface area contributed by atoms with Crippen LogP contribution in [0.2, 0.25) is 0 Å². The van der Waals surface area contributed by atoms with Crippen molar-refractivity contribution in [3.63, 3.8) is 0 Å². The minimum atomic E-state index is -0.891. The van der Waals surface area contributed by atoms with Crippen LogP contribution in [0.1, 0.15) is 11.4 Å². The van der Waals surface area contributed by atoms with Crippen molar-refractivity contribution in [2.45, 2.75) is 13.0 Å². The third-order valence-corrected chi connectivity index (χ3v) is 5.07. The van der Waals surface area contributed by atoms with E-state index in [1.165, 1.54) is 11.3 Å². The Labute approximate surface area is 160 Å². The molecule has 0 amide bonds. The Morgan fingerprint density at radius 3 is 2.63 bits per heavy atom. The Balaban J connectivity index is 1.79. The molecule has 0 atom stereocenters. The van der Waals surface area contributed by atoms with Crippen LogP contribution in [0.3, 0.4) is 0 Å². The van der Waals surface area contributed by atoms with Crippen LogP contribution in [0.4, 0.5) is 5.69 Å². The molecule has 5 nitrogen and oxygen atoms in total. The first-order valence-electron chi connectivity index (χ1n) is 8.53. The first-order chi connectivity index (χ1) is 13.2. The highest BCUT2D eigenvalue weighted by Crippen LogP contribution is 2.38. The Kier molecular flexibility index (Phi) is 4.80. The van der Waals surface area contributed by atoms with Crippen molar-refractivity contribution in [2.24, 2.45) is 0 Å². The van der Waals surface area contributed by atoms with Crippen molar-refractivity contribution in [2.75, 3.05) is 5.32 Å². The van der Waals surface area contributed by atoms with Crippen molar-refractivity contribution in [3.05, 3.63) is 77.6 Å². The molecule has 134 valence electrons. The van der Waals surface area contributed by atoms with Gasteiger partial charge in [-0.15, -0.1) is 11.3 Å². The van der Waals surface area contributed by atoms with Gasteiger partial charge < -0.3 is 10.4 Å². The number of pyridine rings is 2. The summed E-state index contributed by atoms with van der Waals surface area (Å²) in [4.78, 5) is 20.9. The number of aliphatic carboxylic acids is 1. The quantitative estimate of drug-likeness (QED) is 0.515. The van der Waals surface area contributed by atoms with E-state index in [0.29, 0.717) is 12.2 Å². The number of hydrogen-bond donors (Lipinski definition) is 2. The van der Waals surface area contributed by atoms with E-state index in [1.54, 1.807) is 6.20 Å². The first-order valence-corrected chi connectivity index (χ1v) is 9.41. The Bertz CT molecular complexity index is 1080. The summed E-state index contributed by atoms with van der Waals surface area (Å²) in [7, 11) is 0. The molecule has 0 saturated carbocycles. The van der Waals surface area contributed by atoms with Gasteiger partial charge in [-0.3, -0.25) is 9.78 Å². The molecule has 3 aromatic heterocycles. The molecular weight excluding hydrogens is 358 g/mol. The number of nitrogens with zero attached hydrogens (tertiary/aromatic N) is 2. The van der Waals surface area contributed by atoms with Gasteiger partial charge in [0.05, 0.1) is 24.4 Å². The summed E-state index contributed by atoms with van der Waals surface area (Å²) in [5, 5.41) is 15.7. The average molecular weight is 375 g/mol. The number of rotatable bonds is 6. The Hall–Kier alpha value is -3.25. The maximum absolute atomic E-state index is 11.2. The second-order valence-corrected chi connectivity index (χ2v) is 6.96. The largest absolute Gasteiger partial charge is 0.481 e. The summed E-state index contributed by atoms with van der Waals surface area (Å²) in [5.74, 6) is -0.891. The van der Waals surface area contributed by atoms with E-state index >= 15 is 0 Å². The molecule has 0 bridgehead atoms. The van der Waals surface area contributed by atoms with Crippen LogP contribution in [-0.4, -0.2) is 21.0 Å². The summed E-state index contributed by atoms with van der Waals surface area (Å²) < 4.78 is 0. The second kappa shape index (κ2) is 7.55. The molecule has 0 saturated heterocycles. The number of carboxylic acid groups (broad SMARTS) is 1. The third-order valence-electron chi connectivity index (χ3n) is 4.20. The van der Waals surface area contributed by atoms with Crippen molar-refractivity contribution in [3.8, 4) is 11.1 Å². The van der Waals surface area contributed by atoms with Crippen LogP contribution in [0, 0.1) is 0 Å². The molecule has 6 heteroatoms. The number of anilines is 1. The van der Waals surface area contributed by atoms with Crippen molar-refractivity contribution in [1.29, 1.82) is 0 Å². The lowest BCUT2D eigenvalue weighted by Gasteiger charge is -2.11. The number of benzene rings is 1. The standard InChI is InChI=1S/C21H17N3O2S/c25-19(26)11-16-10-18(23-12-15-8-4-5-9-22-15)20-17(13-27-21(20)24-16)14-6-2-1-3-7-14/h1-10,13H,11-12H2,(H,23,24)(H,25,26). The number of nitrogens with one attached hydrogen (secondary N) is 1. The van der Waals surface area contributed by atoms with Crippen molar-refractivity contribution >= 4 is 33.2 Å². The molecule has 27 heavy (non-hydrogen) atoms. The fraction of sp³-hybridized carbons (Fsp3) is 0.0952. The van der Waals surface area contributed by atoms with Crippen molar-refractivity contribution < 1.29 is 9.90 Å². The molecule has 1 aromatic carbocycles. The molecule has 0 spiro atoms. The van der Waals surface area contributed by atoms with Gasteiger partial charge in [0.25, 0.3) is 0 Å². The van der Waals surface area contributed by atoms with Crippen LogP contribution < -0.4 is 5.32 Å². The molecule has 0 aliphatic rings. The predicted octanol–water partition coefficient (Wildman–Crippen LogP) is 4.60. The third kappa shape index (κ3) is 3.80. The smallest absolute Gasteiger partial charge is 0.309 e. The highest BCUT2D eigenvalue weighted by atomic mass is 32.1. The van der Waals surface area contributed by atoms with E-state index in [0.717, 1.165) is 32.7 Å². The Morgan fingerprint density at radius 1 is 1.07 bits per heavy atom. The van der Waals surface area contributed by atoms with Crippen LogP contribution in [0.15, 0.2) is 66.2 Å². The molecular formula is C21H17N3O2S. The van der Waals surface area contributed by atoms with E-state index in [9.17, 15) is 4.79 Å². The molecule has 4 aromatic rings. The van der Waals surface area contributed by atoms with E-state index in [4.69, 9.17) is 5.11 Å². The molecule has 0 fully saturated rings. The van der Waals surface area contributed by atoms with Gasteiger partial charge in [0.1, 0.15) is 4.83 Å². The lowest BCUT2D eigenvalue weighted by Crippen LogP contribution is -2.06. The molecule has 4 rings (SSSR count). The van der Waals surface area contributed by atoms with E-state index in [2.05, 4.69) is 32.8 Å². The second-order valence-electron chi connectivity index (χ2n) is 6.10. The van der Waals surface area contributed by atoms with Crippen LogP contribution in [0.25, 0.3) is 21.3 Å². The lowest BCUT2D eigenvalue weighted by atomic mass is 10.0. The van der Waals surface area contributed by atoms with E-state index in [1.807, 2.05) is 42.5 Å². The summed E-state index contributed by atoms with van der Waals surface area (Å²) >= 11 is 1.53. The van der Waals surface area contributed by atoms with Crippen LogP contribution in [0.5, 0.6) is 0 Å². The van der Waals surface area contributed by atoms with Crippen molar-refractivity contribution in [1.82, 2.24) is 9.97 Å². The van der Waals surface area contributed by atoms with Crippen LogP contribution >= 0.6 is 11.3 Å². The average Bonchev–Trinajstić information content (AvgIpc) is 3.11. The van der Waals surface area contributed by atoms with Crippen LogP contribution in [-0.2, 0) is 17.8 Å². The van der Waals surface area contributed by atoms with Gasteiger partial charge in [-0.2, -0.15) is 0 Å².